The SMILES string of the molecule is CCNC(CCSc1nc(C)cc(=O)[nH]1)C(=O)OCC. The van der Waals surface area contributed by atoms with Crippen molar-refractivity contribution in [3.63, 3.8) is 0 Å². The van der Waals surface area contributed by atoms with Gasteiger partial charge >= 0.3 is 5.97 Å². The van der Waals surface area contributed by atoms with Gasteiger partial charge in [0, 0.05) is 17.5 Å². The number of likely N-dealkylation sites (N-methyl/N-ethyl adjacent to an activating group) is 1. The third-order valence-corrected chi connectivity index (χ3v) is 3.42. The first-order chi connectivity index (χ1) is 9.56. The van der Waals surface area contributed by atoms with E-state index >= 15 is 0 Å². The number of ether oxygens (including phenoxy) is 1. The summed E-state index contributed by atoms with van der Waals surface area (Å²) in [5, 5.41) is 3.67. The van der Waals surface area contributed by atoms with Gasteiger partial charge in [-0.05, 0) is 26.8 Å². The number of carbonyl (C=O) groups is 1. The number of aromatic amines is 1. The summed E-state index contributed by atoms with van der Waals surface area (Å²) in [4.78, 5) is 29.9. The van der Waals surface area contributed by atoms with Crippen molar-refractivity contribution in [3.05, 3.63) is 22.1 Å². The standard InChI is InChI=1S/C13H21N3O3S/c1-4-14-10(12(18)19-5-2)6-7-20-13-15-9(3)8-11(17)16-13/h8,10,14H,4-7H2,1-3H3,(H,15,16,17). The molecule has 0 aliphatic heterocycles. The monoisotopic (exact) mass is 299 g/mol. The zero-order valence-corrected chi connectivity index (χ0v) is 12.9. The molecule has 20 heavy (non-hydrogen) atoms. The predicted octanol–water partition coefficient (Wildman–Crippen LogP) is 1.10. The van der Waals surface area contributed by atoms with E-state index < -0.39 is 0 Å². The van der Waals surface area contributed by atoms with Crippen LogP contribution in [0.3, 0.4) is 0 Å². The number of hydrogen-bond donors (Lipinski definition) is 2. The van der Waals surface area contributed by atoms with Crippen LogP contribution in [0, 0.1) is 6.92 Å². The molecule has 2 N–H and O–H groups in total. The Labute approximate surface area is 122 Å². The summed E-state index contributed by atoms with van der Waals surface area (Å²) >= 11 is 1.42. The van der Waals surface area contributed by atoms with Crippen LogP contribution in [-0.2, 0) is 9.53 Å². The second kappa shape index (κ2) is 8.76. The van der Waals surface area contributed by atoms with Crippen LogP contribution in [0.15, 0.2) is 16.0 Å². The second-order valence-corrected chi connectivity index (χ2v) is 5.27. The molecule has 7 heteroatoms. The van der Waals surface area contributed by atoms with Crippen molar-refractivity contribution in [1.29, 1.82) is 0 Å². The molecule has 1 atom stereocenters. The topological polar surface area (TPSA) is 84.1 Å². The summed E-state index contributed by atoms with van der Waals surface area (Å²) in [6.45, 7) is 6.59. The molecule has 1 aromatic rings. The first-order valence-corrected chi connectivity index (χ1v) is 7.66. The van der Waals surface area contributed by atoms with E-state index in [2.05, 4.69) is 15.3 Å². The molecule has 0 aliphatic rings. The zero-order chi connectivity index (χ0) is 15.0. The summed E-state index contributed by atoms with van der Waals surface area (Å²) in [5.74, 6) is 0.434. The van der Waals surface area contributed by atoms with Crippen LogP contribution >= 0.6 is 11.8 Å². The molecule has 0 aliphatic carbocycles. The number of nitrogens with one attached hydrogen (secondary N) is 2. The van der Waals surface area contributed by atoms with E-state index in [1.54, 1.807) is 13.8 Å². The minimum Gasteiger partial charge on any atom is -0.465 e. The Kier molecular flexibility index (Phi) is 7.32. The highest BCUT2D eigenvalue weighted by Gasteiger charge is 2.18. The van der Waals surface area contributed by atoms with Gasteiger partial charge in [0.25, 0.3) is 5.56 Å². The molecule has 0 radical (unpaired) electrons. The van der Waals surface area contributed by atoms with Crippen molar-refractivity contribution in [1.82, 2.24) is 15.3 Å². The molecule has 0 saturated heterocycles. The number of thioether (sulfide) groups is 1. The Morgan fingerprint density at radius 2 is 2.30 bits per heavy atom. The van der Waals surface area contributed by atoms with Crippen molar-refractivity contribution < 1.29 is 9.53 Å². The molecule has 112 valence electrons. The van der Waals surface area contributed by atoms with Gasteiger partial charge in [-0.3, -0.25) is 9.59 Å². The van der Waals surface area contributed by atoms with E-state index in [0.717, 1.165) is 0 Å². The Balaban J connectivity index is 2.51. The van der Waals surface area contributed by atoms with Gasteiger partial charge < -0.3 is 15.0 Å². The normalized spacial score (nSPS) is 12.2. The third-order valence-electron chi connectivity index (χ3n) is 2.51. The van der Waals surface area contributed by atoms with E-state index in [4.69, 9.17) is 4.74 Å². The summed E-state index contributed by atoms with van der Waals surface area (Å²) in [5.41, 5.74) is 0.526. The van der Waals surface area contributed by atoms with Crippen LogP contribution in [0.4, 0.5) is 0 Å². The third kappa shape index (κ3) is 5.75. The van der Waals surface area contributed by atoms with Crippen LogP contribution in [0.25, 0.3) is 0 Å². The maximum atomic E-state index is 11.7. The van der Waals surface area contributed by atoms with Gasteiger partial charge in [-0.25, -0.2) is 4.98 Å². The van der Waals surface area contributed by atoms with E-state index in [-0.39, 0.29) is 17.6 Å². The molecular formula is C13H21N3O3S. The molecular weight excluding hydrogens is 278 g/mol. The van der Waals surface area contributed by atoms with Gasteiger partial charge in [-0.15, -0.1) is 0 Å². The molecule has 1 heterocycles. The van der Waals surface area contributed by atoms with Gasteiger partial charge in [0.2, 0.25) is 0 Å². The summed E-state index contributed by atoms with van der Waals surface area (Å²) in [6.07, 6.45) is 0.620. The molecule has 0 aromatic carbocycles. The minimum absolute atomic E-state index is 0.159. The maximum Gasteiger partial charge on any atom is 0.323 e. The van der Waals surface area contributed by atoms with Crippen LogP contribution in [0.1, 0.15) is 26.0 Å². The summed E-state index contributed by atoms with van der Waals surface area (Å²) in [6, 6.07) is 1.13. The molecule has 1 aromatic heterocycles. The zero-order valence-electron chi connectivity index (χ0n) is 12.1. The molecule has 0 amide bonds. The van der Waals surface area contributed by atoms with E-state index in [1.807, 2.05) is 6.92 Å². The van der Waals surface area contributed by atoms with Crippen molar-refractivity contribution in [2.24, 2.45) is 0 Å². The molecule has 0 saturated carbocycles. The van der Waals surface area contributed by atoms with Crippen molar-refractivity contribution in [2.75, 3.05) is 18.9 Å². The molecule has 1 rings (SSSR count). The van der Waals surface area contributed by atoms with Crippen LogP contribution in [-0.4, -0.2) is 40.9 Å². The Morgan fingerprint density at radius 1 is 1.55 bits per heavy atom. The molecule has 6 nitrogen and oxygen atoms in total. The molecule has 0 spiro atoms. The number of H-pyrrole nitrogens is 1. The summed E-state index contributed by atoms with van der Waals surface area (Å²) < 4.78 is 5.01. The number of carbonyl (C=O) groups excluding carboxylic acids is 1. The van der Waals surface area contributed by atoms with Gasteiger partial charge in [-0.2, -0.15) is 0 Å². The Bertz CT molecular complexity index is 490. The maximum absolute atomic E-state index is 11.7. The highest BCUT2D eigenvalue weighted by Crippen LogP contribution is 2.14. The number of esters is 1. The number of nitrogens with zero attached hydrogens (tertiary/aromatic N) is 1. The lowest BCUT2D eigenvalue weighted by atomic mass is 10.2. The molecule has 1 unspecified atom stereocenters. The average molecular weight is 299 g/mol. The second-order valence-electron chi connectivity index (χ2n) is 4.19. The minimum atomic E-state index is -0.316. The lowest BCUT2D eigenvalue weighted by Gasteiger charge is -2.15. The van der Waals surface area contributed by atoms with E-state index in [1.165, 1.54) is 17.8 Å². The van der Waals surface area contributed by atoms with Crippen LogP contribution in [0.5, 0.6) is 0 Å². The van der Waals surface area contributed by atoms with Crippen molar-refractivity contribution in [2.45, 2.75) is 38.4 Å². The Morgan fingerprint density at radius 3 is 2.90 bits per heavy atom. The van der Waals surface area contributed by atoms with Gasteiger partial charge in [-0.1, -0.05) is 18.7 Å². The van der Waals surface area contributed by atoms with Crippen LogP contribution < -0.4 is 10.9 Å². The quantitative estimate of drug-likeness (QED) is 0.425. The van der Waals surface area contributed by atoms with Gasteiger partial charge in [0.15, 0.2) is 5.16 Å². The van der Waals surface area contributed by atoms with Crippen LogP contribution in [0.2, 0.25) is 0 Å². The van der Waals surface area contributed by atoms with E-state index in [9.17, 15) is 9.59 Å². The number of aryl methyl sites for hydroxylation is 1. The van der Waals surface area contributed by atoms with Crippen molar-refractivity contribution >= 4 is 17.7 Å². The summed E-state index contributed by atoms with van der Waals surface area (Å²) in [7, 11) is 0. The molecule has 0 fully saturated rings. The fraction of sp³-hybridized carbons (Fsp3) is 0.615. The smallest absolute Gasteiger partial charge is 0.323 e. The fourth-order valence-electron chi connectivity index (χ4n) is 1.69. The first-order valence-electron chi connectivity index (χ1n) is 6.67. The number of aromatic nitrogens is 2. The average Bonchev–Trinajstić information content (AvgIpc) is 2.37. The van der Waals surface area contributed by atoms with Gasteiger partial charge in [0.1, 0.15) is 6.04 Å². The molecule has 0 bridgehead atoms. The Hall–Kier alpha value is -1.34. The number of hydrogen-bond acceptors (Lipinski definition) is 6. The van der Waals surface area contributed by atoms with E-state index in [0.29, 0.717) is 36.2 Å². The first kappa shape index (κ1) is 16.7. The lowest BCUT2D eigenvalue weighted by molar-refractivity contribution is -0.145. The lowest BCUT2D eigenvalue weighted by Crippen LogP contribution is -2.38. The number of rotatable bonds is 8. The fourth-order valence-corrected chi connectivity index (χ4v) is 2.61. The predicted molar refractivity (Wildman–Crippen MR) is 79.0 cm³/mol. The highest BCUT2D eigenvalue weighted by atomic mass is 32.2. The van der Waals surface area contributed by atoms with Gasteiger partial charge in [0.05, 0.1) is 6.61 Å². The highest BCUT2D eigenvalue weighted by molar-refractivity contribution is 7.99. The largest absolute Gasteiger partial charge is 0.465 e. The van der Waals surface area contributed by atoms with Crippen molar-refractivity contribution in [3.8, 4) is 0 Å².